The number of hydrogen-bond acceptors (Lipinski definition) is 4. The number of nitrogens with zero attached hydrogens (tertiary/aromatic N) is 2. The van der Waals surface area contributed by atoms with Gasteiger partial charge < -0.3 is 5.32 Å². The van der Waals surface area contributed by atoms with Crippen LogP contribution in [0.5, 0.6) is 0 Å². The number of rotatable bonds is 4. The van der Waals surface area contributed by atoms with Crippen LogP contribution in [0.2, 0.25) is 9.62 Å². The minimum atomic E-state index is 0.270. The Hall–Kier alpha value is -0.840. The zero-order chi connectivity index (χ0) is 12.3. The quantitative estimate of drug-likeness (QED) is 0.869. The zero-order valence-electron chi connectivity index (χ0n) is 9.20. The van der Waals surface area contributed by atoms with Crippen molar-refractivity contribution in [2.24, 2.45) is 0 Å². The summed E-state index contributed by atoms with van der Waals surface area (Å²) in [6.07, 6.45) is 0.915. The summed E-state index contributed by atoms with van der Waals surface area (Å²) < 4.78 is 0.820. The number of aryl methyl sites for hydroxylation is 1. The summed E-state index contributed by atoms with van der Waals surface area (Å²) in [6, 6.07) is 5.81. The Morgan fingerprint density at radius 1 is 1.29 bits per heavy atom. The molecule has 2 aromatic heterocycles. The molecule has 1 N–H and O–H groups in total. The standard InChI is InChI=1S/C11H11Cl2N3S/c1-7-6-10(16-11(13)15-7)14-5-4-8-2-3-9(12)17-8/h2-3,6H,4-5H2,1H3,(H,14,15,16). The number of halogens is 2. The van der Waals surface area contributed by atoms with Crippen LogP contribution in [-0.4, -0.2) is 16.5 Å². The van der Waals surface area contributed by atoms with Crippen molar-refractivity contribution in [2.45, 2.75) is 13.3 Å². The molecule has 0 saturated carbocycles. The predicted molar refractivity (Wildman–Crippen MR) is 73.3 cm³/mol. The van der Waals surface area contributed by atoms with Crippen LogP contribution in [0.1, 0.15) is 10.6 Å². The van der Waals surface area contributed by atoms with E-state index < -0.39 is 0 Å². The summed E-state index contributed by atoms with van der Waals surface area (Å²) in [7, 11) is 0. The molecule has 2 aromatic rings. The van der Waals surface area contributed by atoms with Gasteiger partial charge in [-0.05, 0) is 37.1 Å². The van der Waals surface area contributed by atoms with Gasteiger partial charge in [0.05, 0.1) is 4.34 Å². The molecule has 3 nitrogen and oxygen atoms in total. The minimum Gasteiger partial charge on any atom is -0.370 e. The van der Waals surface area contributed by atoms with Gasteiger partial charge in [-0.25, -0.2) is 9.97 Å². The van der Waals surface area contributed by atoms with E-state index >= 15 is 0 Å². The third kappa shape index (κ3) is 3.84. The smallest absolute Gasteiger partial charge is 0.224 e. The van der Waals surface area contributed by atoms with Gasteiger partial charge in [0.15, 0.2) is 0 Å². The maximum atomic E-state index is 5.86. The van der Waals surface area contributed by atoms with Crippen LogP contribution in [-0.2, 0) is 6.42 Å². The number of hydrogen-bond donors (Lipinski definition) is 1. The number of nitrogens with one attached hydrogen (secondary N) is 1. The summed E-state index contributed by atoms with van der Waals surface area (Å²) in [5.74, 6) is 0.755. The maximum Gasteiger partial charge on any atom is 0.224 e. The van der Waals surface area contributed by atoms with Gasteiger partial charge in [0.25, 0.3) is 0 Å². The first-order valence-corrected chi connectivity index (χ1v) is 6.70. The zero-order valence-corrected chi connectivity index (χ0v) is 11.5. The van der Waals surface area contributed by atoms with Gasteiger partial charge in [0.1, 0.15) is 5.82 Å². The van der Waals surface area contributed by atoms with Gasteiger partial charge >= 0.3 is 0 Å². The molecule has 2 rings (SSSR count). The van der Waals surface area contributed by atoms with E-state index in [1.807, 2.05) is 25.1 Å². The molecule has 0 unspecified atom stereocenters. The Morgan fingerprint density at radius 3 is 2.76 bits per heavy atom. The highest BCUT2D eigenvalue weighted by molar-refractivity contribution is 7.16. The maximum absolute atomic E-state index is 5.86. The summed E-state index contributed by atoms with van der Waals surface area (Å²) in [5.41, 5.74) is 0.853. The second kappa shape index (κ2) is 5.67. The van der Waals surface area contributed by atoms with Crippen molar-refractivity contribution in [1.82, 2.24) is 9.97 Å². The molecular formula is C11H11Cl2N3S. The monoisotopic (exact) mass is 287 g/mol. The van der Waals surface area contributed by atoms with Gasteiger partial charge in [0.2, 0.25) is 5.28 Å². The molecule has 0 aliphatic carbocycles. The molecule has 17 heavy (non-hydrogen) atoms. The van der Waals surface area contributed by atoms with Gasteiger partial charge in [0, 0.05) is 23.2 Å². The van der Waals surface area contributed by atoms with Crippen molar-refractivity contribution in [2.75, 3.05) is 11.9 Å². The van der Waals surface area contributed by atoms with E-state index in [1.165, 1.54) is 4.88 Å². The molecule has 0 aromatic carbocycles. The molecule has 90 valence electrons. The van der Waals surface area contributed by atoms with Crippen molar-refractivity contribution in [1.29, 1.82) is 0 Å². The summed E-state index contributed by atoms with van der Waals surface area (Å²) >= 11 is 13.2. The van der Waals surface area contributed by atoms with Crippen molar-refractivity contribution in [3.05, 3.63) is 38.4 Å². The van der Waals surface area contributed by atoms with E-state index in [9.17, 15) is 0 Å². The number of aromatic nitrogens is 2. The van der Waals surface area contributed by atoms with Gasteiger partial charge in [-0.2, -0.15) is 0 Å². The fraction of sp³-hybridized carbons (Fsp3) is 0.273. The molecule has 0 fully saturated rings. The van der Waals surface area contributed by atoms with E-state index in [0.29, 0.717) is 0 Å². The van der Waals surface area contributed by atoms with E-state index in [1.54, 1.807) is 11.3 Å². The van der Waals surface area contributed by atoms with Crippen LogP contribution in [0.4, 0.5) is 5.82 Å². The summed E-state index contributed by atoms with van der Waals surface area (Å²) in [6.45, 7) is 2.68. The van der Waals surface area contributed by atoms with E-state index in [4.69, 9.17) is 23.2 Å². The molecule has 0 saturated heterocycles. The van der Waals surface area contributed by atoms with Crippen molar-refractivity contribution in [3.8, 4) is 0 Å². The molecule has 0 atom stereocenters. The van der Waals surface area contributed by atoms with Gasteiger partial charge in [-0.15, -0.1) is 11.3 Å². The number of thiophene rings is 1. The third-order valence-corrected chi connectivity index (χ3v) is 3.59. The molecule has 0 radical (unpaired) electrons. The Balaban J connectivity index is 1.89. The largest absolute Gasteiger partial charge is 0.370 e. The van der Waals surface area contributed by atoms with Crippen LogP contribution in [0, 0.1) is 6.92 Å². The normalized spacial score (nSPS) is 10.5. The molecule has 0 spiro atoms. The molecule has 6 heteroatoms. The first-order chi connectivity index (χ1) is 8.13. The topological polar surface area (TPSA) is 37.8 Å². The predicted octanol–water partition coefficient (Wildman–Crippen LogP) is 3.81. The van der Waals surface area contributed by atoms with Crippen LogP contribution >= 0.6 is 34.5 Å². The van der Waals surface area contributed by atoms with Crippen LogP contribution in [0.15, 0.2) is 18.2 Å². The van der Waals surface area contributed by atoms with E-state index in [2.05, 4.69) is 15.3 Å². The van der Waals surface area contributed by atoms with E-state index in [-0.39, 0.29) is 5.28 Å². The number of anilines is 1. The average Bonchev–Trinajstić information content (AvgIpc) is 2.63. The van der Waals surface area contributed by atoms with Gasteiger partial charge in [-0.3, -0.25) is 0 Å². The molecule has 0 bridgehead atoms. The highest BCUT2D eigenvalue weighted by Crippen LogP contribution is 2.21. The molecular weight excluding hydrogens is 277 g/mol. The van der Waals surface area contributed by atoms with Crippen LogP contribution in [0.25, 0.3) is 0 Å². The Morgan fingerprint density at radius 2 is 2.12 bits per heavy atom. The lowest BCUT2D eigenvalue weighted by atomic mass is 10.3. The molecule has 2 heterocycles. The fourth-order valence-corrected chi connectivity index (χ4v) is 2.73. The molecule has 0 aliphatic rings. The highest BCUT2D eigenvalue weighted by atomic mass is 35.5. The molecule has 0 aliphatic heterocycles. The third-order valence-electron chi connectivity index (χ3n) is 2.13. The van der Waals surface area contributed by atoms with Gasteiger partial charge in [-0.1, -0.05) is 11.6 Å². The fourth-order valence-electron chi connectivity index (χ4n) is 1.42. The second-order valence-electron chi connectivity index (χ2n) is 3.55. The second-order valence-corrected chi connectivity index (χ2v) is 5.68. The Labute approximate surface area is 114 Å². The first kappa shape index (κ1) is 12.6. The van der Waals surface area contributed by atoms with Crippen molar-refractivity contribution in [3.63, 3.8) is 0 Å². The lowest BCUT2D eigenvalue weighted by molar-refractivity contribution is 1.01. The summed E-state index contributed by atoms with van der Waals surface area (Å²) in [4.78, 5) is 9.34. The Kier molecular flexibility index (Phi) is 4.20. The highest BCUT2D eigenvalue weighted by Gasteiger charge is 2.01. The molecule has 0 amide bonds. The van der Waals surface area contributed by atoms with Crippen molar-refractivity contribution >= 4 is 40.4 Å². The van der Waals surface area contributed by atoms with Crippen LogP contribution < -0.4 is 5.32 Å². The lowest BCUT2D eigenvalue weighted by Gasteiger charge is -2.05. The Bertz CT molecular complexity index is 493. The van der Waals surface area contributed by atoms with Crippen molar-refractivity contribution < 1.29 is 0 Å². The van der Waals surface area contributed by atoms with Crippen LogP contribution in [0.3, 0.4) is 0 Å². The lowest BCUT2D eigenvalue weighted by Crippen LogP contribution is -2.06. The minimum absolute atomic E-state index is 0.270. The first-order valence-electron chi connectivity index (χ1n) is 5.13. The summed E-state index contributed by atoms with van der Waals surface area (Å²) in [5, 5.41) is 3.48. The average molecular weight is 288 g/mol. The SMILES string of the molecule is Cc1cc(NCCc2ccc(Cl)s2)nc(Cl)n1. The van der Waals surface area contributed by atoms with E-state index in [0.717, 1.165) is 28.8 Å².